The Labute approximate surface area is 149 Å². The summed E-state index contributed by atoms with van der Waals surface area (Å²) >= 11 is 3.38. The van der Waals surface area contributed by atoms with Crippen LogP contribution in [0.5, 0.6) is 5.75 Å². The van der Waals surface area contributed by atoms with Gasteiger partial charge in [0.2, 0.25) is 5.91 Å². The molecule has 2 heterocycles. The van der Waals surface area contributed by atoms with Gasteiger partial charge >= 0.3 is 0 Å². The van der Waals surface area contributed by atoms with E-state index in [9.17, 15) is 9.59 Å². The van der Waals surface area contributed by atoms with Gasteiger partial charge in [0.25, 0.3) is 5.91 Å². The van der Waals surface area contributed by atoms with Gasteiger partial charge in [-0.25, -0.2) is 0 Å². The number of nitrogens with zero attached hydrogens (tertiary/aromatic N) is 2. The van der Waals surface area contributed by atoms with Crippen molar-refractivity contribution in [3.8, 4) is 5.75 Å². The maximum atomic E-state index is 12.6. The average molecular weight is 405 g/mol. The molecule has 0 bridgehead atoms. The highest BCUT2D eigenvalue weighted by Gasteiger charge is 2.31. The van der Waals surface area contributed by atoms with Gasteiger partial charge in [-0.15, -0.1) is 12.4 Å². The second-order valence-corrected chi connectivity index (χ2v) is 6.44. The molecular formula is C15H19BrClN3O3. The van der Waals surface area contributed by atoms with E-state index in [-0.39, 0.29) is 43.4 Å². The fraction of sp³-hybridized carbons (Fsp3) is 0.467. The van der Waals surface area contributed by atoms with Crippen LogP contribution in [0.2, 0.25) is 0 Å². The fourth-order valence-electron chi connectivity index (χ4n) is 2.79. The Morgan fingerprint density at radius 2 is 2.26 bits per heavy atom. The lowest BCUT2D eigenvalue weighted by Gasteiger charge is -2.36. The zero-order valence-electron chi connectivity index (χ0n) is 12.8. The maximum absolute atomic E-state index is 12.6. The first-order chi connectivity index (χ1) is 10.6. The van der Waals surface area contributed by atoms with E-state index in [1.165, 1.54) is 4.90 Å². The Bertz CT molecular complexity index is 614. The molecule has 2 aliphatic rings. The normalized spacial score (nSPS) is 20.4. The summed E-state index contributed by atoms with van der Waals surface area (Å²) in [4.78, 5) is 28.0. The number of carbonyl (C=O) groups is 2. The highest BCUT2D eigenvalue weighted by atomic mass is 79.9. The van der Waals surface area contributed by atoms with Crippen LogP contribution in [-0.4, -0.2) is 55.5 Å². The van der Waals surface area contributed by atoms with Crippen molar-refractivity contribution in [2.45, 2.75) is 13.0 Å². The molecule has 23 heavy (non-hydrogen) atoms. The largest absolute Gasteiger partial charge is 0.482 e. The van der Waals surface area contributed by atoms with E-state index in [0.29, 0.717) is 18.0 Å². The standard InChI is InChI=1S/C15H18BrN3O3.ClH/c1-10-7-17-4-5-18(10)14(20)8-19-12-3-2-11(16)6-13(12)22-9-15(19)21;/h2-3,6,10,17H,4-5,7-9H2,1H3;1H/t10-;/m1./s1. The lowest BCUT2D eigenvalue weighted by molar-refractivity contribution is -0.134. The van der Waals surface area contributed by atoms with E-state index in [1.54, 1.807) is 6.07 Å². The third-order valence-corrected chi connectivity index (χ3v) is 4.47. The SMILES string of the molecule is C[C@@H]1CNCCN1C(=O)CN1C(=O)COc2cc(Br)ccc21.Cl. The third-order valence-electron chi connectivity index (χ3n) is 3.98. The molecule has 0 radical (unpaired) electrons. The predicted octanol–water partition coefficient (Wildman–Crippen LogP) is 1.42. The van der Waals surface area contributed by atoms with Crippen LogP contribution in [0.1, 0.15) is 6.92 Å². The minimum absolute atomic E-state index is 0. The van der Waals surface area contributed by atoms with Crippen molar-refractivity contribution in [3.05, 3.63) is 22.7 Å². The monoisotopic (exact) mass is 403 g/mol. The van der Waals surface area contributed by atoms with Crippen molar-refractivity contribution >= 4 is 45.8 Å². The summed E-state index contributed by atoms with van der Waals surface area (Å²) in [6.45, 7) is 4.28. The first-order valence-electron chi connectivity index (χ1n) is 7.29. The Morgan fingerprint density at radius 1 is 1.48 bits per heavy atom. The molecule has 0 aliphatic carbocycles. The molecule has 0 spiro atoms. The number of amides is 2. The number of fused-ring (bicyclic) bond motifs is 1. The van der Waals surface area contributed by atoms with E-state index >= 15 is 0 Å². The predicted molar refractivity (Wildman–Crippen MR) is 93.3 cm³/mol. The summed E-state index contributed by atoms with van der Waals surface area (Å²) in [6.07, 6.45) is 0. The molecule has 0 unspecified atom stereocenters. The zero-order chi connectivity index (χ0) is 15.7. The lowest BCUT2D eigenvalue weighted by Crippen LogP contribution is -2.55. The van der Waals surface area contributed by atoms with E-state index in [1.807, 2.05) is 24.0 Å². The molecule has 1 fully saturated rings. The van der Waals surface area contributed by atoms with Crippen LogP contribution in [0.4, 0.5) is 5.69 Å². The van der Waals surface area contributed by atoms with Crippen LogP contribution in [0, 0.1) is 0 Å². The van der Waals surface area contributed by atoms with Gasteiger partial charge in [0.15, 0.2) is 6.61 Å². The van der Waals surface area contributed by atoms with Gasteiger partial charge in [0.1, 0.15) is 12.3 Å². The Morgan fingerprint density at radius 3 is 3.00 bits per heavy atom. The van der Waals surface area contributed by atoms with Crippen LogP contribution in [0.15, 0.2) is 22.7 Å². The molecule has 1 atom stereocenters. The van der Waals surface area contributed by atoms with Crippen molar-refractivity contribution in [2.75, 3.05) is 37.7 Å². The summed E-state index contributed by atoms with van der Waals surface area (Å²) in [6, 6.07) is 5.59. The molecule has 1 aromatic carbocycles. The summed E-state index contributed by atoms with van der Waals surface area (Å²) in [5, 5.41) is 3.25. The topological polar surface area (TPSA) is 61.9 Å². The maximum Gasteiger partial charge on any atom is 0.265 e. The number of benzene rings is 1. The van der Waals surface area contributed by atoms with Gasteiger partial charge in [0, 0.05) is 30.1 Å². The number of ether oxygens (including phenoxy) is 1. The second kappa shape index (κ2) is 7.51. The number of nitrogens with one attached hydrogen (secondary N) is 1. The average Bonchev–Trinajstić information content (AvgIpc) is 2.50. The Hall–Kier alpha value is -1.31. The number of hydrogen-bond acceptors (Lipinski definition) is 4. The minimum Gasteiger partial charge on any atom is -0.482 e. The summed E-state index contributed by atoms with van der Waals surface area (Å²) in [5.41, 5.74) is 0.649. The van der Waals surface area contributed by atoms with Crippen LogP contribution in [0.3, 0.4) is 0 Å². The van der Waals surface area contributed by atoms with Gasteiger partial charge in [-0.1, -0.05) is 15.9 Å². The molecular weight excluding hydrogens is 386 g/mol. The molecule has 0 saturated carbocycles. The third kappa shape index (κ3) is 3.79. The molecule has 6 nitrogen and oxygen atoms in total. The molecule has 1 aromatic rings. The quantitative estimate of drug-likeness (QED) is 0.810. The number of piperazine rings is 1. The molecule has 0 aromatic heterocycles. The van der Waals surface area contributed by atoms with Crippen LogP contribution in [0.25, 0.3) is 0 Å². The van der Waals surface area contributed by atoms with Gasteiger partial charge < -0.3 is 15.0 Å². The number of halogens is 2. The first kappa shape index (κ1) is 18.0. The Kier molecular flexibility index (Phi) is 5.89. The number of rotatable bonds is 2. The number of hydrogen-bond donors (Lipinski definition) is 1. The van der Waals surface area contributed by atoms with Crippen LogP contribution < -0.4 is 15.0 Å². The zero-order valence-corrected chi connectivity index (χ0v) is 15.2. The minimum atomic E-state index is -0.189. The molecule has 3 rings (SSSR count). The van der Waals surface area contributed by atoms with Crippen molar-refractivity contribution < 1.29 is 14.3 Å². The van der Waals surface area contributed by atoms with Crippen LogP contribution >= 0.6 is 28.3 Å². The molecule has 2 aliphatic heterocycles. The van der Waals surface area contributed by atoms with E-state index in [2.05, 4.69) is 21.2 Å². The van der Waals surface area contributed by atoms with Crippen LogP contribution in [-0.2, 0) is 9.59 Å². The molecule has 1 N–H and O–H groups in total. The molecule has 1 saturated heterocycles. The Balaban J connectivity index is 0.00000192. The van der Waals surface area contributed by atoms with Gasteiger partial charge in [-0.3, -0.25) is 14.5 Å². The highest BCUT2D eigenvalue weighted by Crippen LogP contribution is 2.34. The van der Waals surface area contributed by atoms with E-state index in [0.717, 1.165) is 17.6 Å². The summed E-state index contributed by atoms with van der Waals surface area (Å²) < 4.78 is 6.32. The van der Waals surface area contributed by atoms with Gasteiger partial charge in [-0.05, 0) is 25.1 Å². The van der Waals surface area contributed by atoms with Crippen molar-refractivity contribution in [1.82, 2.24) is 10.2 Å². The molecule has 126 valence electrons. The van der Waals surface area contributed by atoms with Crippen molar-refractivity contribution in [2.24, 2.45) is 0 Å². The second-order valence-electron chi connectivity index (χ2n) is 5.52. The van der Waals surface area contributed by atoms with Crippen molar-refractivity contribution in [3.63, 3.8) is 0 Å². The lowest BCUT2D eigenvalue weighted by atomic mass is 10.2. The number of anilines is 1. The van der Waals surface area contributed by atoms with E-state index in [4.69, 9.17) is 4.74 Å². The fourth-order valence-corrected chi connectivity index (χ4v) is 3.13. The van der Waals surface area contributed by atoms with Gasteiger partial charge in [0.05, 0.1) is 5.69 Å². The molecule has 2 amide bonds. The first-order valence-corrected chi connectivity index (χ1v) is 8.08. The van der Waals surface area contributed by atoms with Gasteiger partial charge in [-0.2, -0.15) is 0 Å². The molecule has 8 heteroatoms. The summed E-state index contributed by atoms with van der Waals surface area (Å²) in [5.74, 6) is 0.402. The van der Waals surface area contributed by atoms with Crippen molar-refractivity contribution in [1.29, 1.82) is 0 Å². The smallest absolute Gasteiger partial charge is 0.265 e. The number of carbonyl (C=O) groups excluding carboxylic acids is 2. The van der Waals surface area contributed by atoms with E-state index < -0.39 is 0 Å². The highest BCUT2D eigenvalue weighted by molar-refractivity contribution is 9.10. The summed E-state index contributed by atoms with van der Waals surface area (Å²) in [7, 11) is 0.